The van der Waals surface area contributed by atoms with Gasteiger partial charge in [-0.15, -0.1) is 0 Å². The summed E-state index contributed by atoms with van der Waals surface area (Å²) >= 11 is 0. The van der Waals surface area contributed by atoms with Crippen LogP contribution >= 0.6 is 0 Å². The Morgan fingerprint density at radius 1 is 1.24 bits per heavy atom. The summed E-state index contributed by atoms with van der Waals surface area (Å²) in [6, 6.07) is -0.825. The van der Waals surface area contributed by atoms with Crippen LogP contribution in [0.5, 0.6) is 0 Å². The molecule has 2 fully saturated rings. The quantitative estimate of drug-likeness (QED) is 0.840. The van der Waals surface area contributed by atoms with Crippen LogP contribution in [0.3, 0.4) is 0 Å². The standard InChI is InChI=1S/C13H19F3N2O3/c1-8(2)11(9(19)20)5-6-18(7-11)10(21)17-12(3-4-12)13(14,15)16/h8H,3-7H2,1-2H3,(H,17,21)(H,19,20). The van der Waals surface area contributed by atoms with E-state index in [1.165, 1.54) is 4.90 Å². The first-order valence-electron chi connectivity index (χ1n) is 6.91. The molecule has 2 amide bonds. The number of nitrogens with zero attached hydrogens (tertiary/aromatic N) is 1. The van der Waals surface area contributed by atoms with E-state index in [2.05, 4.69) is 0 Å². The Balaban J connectivity index is 2.05. The summed E-state index contributed by atoms with van der Waals surface area (Å²) in [5.74, 6) is -1.21. The van der Waals surface area contributed by atoms with Gasteiger partial charge in [0.15, 0.2) is 0 Å². The van der Waals surface area contributed by atoms with Gasteiger partial charge in [-0.25, -0.2) is 4.79 Å². The number of alkyl halides is 3. The topological polar surface area (TPSA) is 69.6 Å². The van der Waals surface area contributed by atoms with Crippen molar-refractivity contribution < 1.29 is 27.9 Å². The molecule has 120 valence electrons. The van der Waals surface area contributed by atoms with Crippen LogP contribution in [0.4, 0.5) is 18.0 Å². The van der Waals surface area contributed by atoms with Gasteiger partial charge in [0.2, 0.25) is 0 Å². The molecule has 0 aromatic rings. The van der Waals surface area contributed by atoms with Gasteiger partial charge in [-0.1, -0.05) is 13.8 Å². The van der Waals surface area contributed by atoms with Crippen LogP contribution in [-0.4, -0.2) is 46.8 Å². The third-order valence-electron chi connectivity index (χ3n) is 4.76. The molecule has 21 heavy (non-hydrogen) atoms. The molecule has 0 radical (unpaired) electrons. The predicted octanol–water partition coefficient (Wildman–Crippen LogP) is 2.22. The fraction of sp³-hybridized carbons (Fsp3) is 0.846. The van der Waals surface area contributed by atoms with Gasteiger partial charge in [0.05, 0.1) is 5.41 Å². The molecule has 1 atom stereocenters. The van der Waals surface area contributed by atoms with Gasteiger partial charge in [0.25, 0.3) is 0 Å². The summed E-state index contributed by atoms with van der Waals surface area (Å²) in [4.78, 5) is 24.6. The summed E-state index contributed by atoms with van der Waals surface area (Å²) < 4.78 is 38.5. The molecular formula is C13H19F3N2O3. The zero-order valence-corrected chi connectivity index (χ0v) is 12.0. The van der Waals surface area contributed by atoms with Crippen LogP contribution in [0.2, 0.25) is 0 Å². The molecule has 1 saturated heterocycles. The van der Waals surface area contributed by atoms with E-state index in [0.717, 1.165) is 0 Å². The molecular weight excluding hydrogens is 289 g/mol. The Bertz CT molecular complexity index is 460. The van der Waals surface area contributed by atoms with Crippen molar-refractivity contribution in [3.05, 3.63) is 0 Å². The van der Waals surface area contributed by atoms with Gasteiger partial charge in [-0.05, 0) is 25.2 Å². The molecule has 0 bridgehead atoms. The number of aliphatic carboxylic acids is 1. The van der Waals surface area contributed by atoms with Crippen LogP contribution in [0.15, 0.2) is 0 Å². The second-order valence-corrected chi connectivity index (χ2v) is 6.30. The maximum absolute atomic E-state index is 12.8. The summed E-state index contributed by atoms with van der Waals surface area (Å²) in [5, 5.41) is 11.4. The van der Waals surface area contributed by atoms with Gasteiger partial charge < -0.3 is 15.3 Å². The summed E-state index contributed by atoms with van der Waals surface area (Å²) in [5.41, 5.74) is -3.19. The maximum atomic E-state index is 12.8. The van der Waals surface area contributed by atoms with Gasteiger partial charge in [-0.2, -0.15) is 13.2 Å². The SMILES string of the molecule is CC(C)C1(C(=O)O)CCN(C(=O)NC2(C(F)(F)F)CC2)C1. The highest BCUT2D eigenvalue weighted by Crippen LogP contribution is 2.49. The zero-order chi connectivity index (χ0) is 16.1. The van der Waals surface area contributed by atoms with Crippen molar-refractivity contribution in [2.75, 3.05) is 13.1 Å². The van der Waals surface area contributed by atoms with Crippen LogP contribution in [0, 0.1) is 11.3 Å². The second-order valence-electron chi connectivity index (χ2n) is 6.30. The number of halogens is 3. The smallest absolute Gasteiger partial charge is 0.411 e. The minimum absolute atomic E-state index is 0.0558. The Morgan fingerprint density at radius 3 is 2.14 bits per heavy atom. The number of hydrogen-bond donors (Lipinski definition) is 2. The summed E-state index contributed by atoms with van der Waals surface area (Å²) in [6.07, 6.45) is -4.45. The number of urea groups is 1. The lowest BCUT2D eigenvalue weighted by Crippen LogP contribution is -2.53. The molecule has 0 aromatic carbocycles. The highest BCUT2D eigenvalue weighted by Gasteiger charge is 2.65. The monoisotopic (exact) mass is 308 g/mol. The average Bonchev–Trinajstić information content (AvgIpc) is 2.99. The molecule has 2 N–H and O–H groups in total. The lowest BCUT2D eigenvalue weighted by atomic mass is 9.76. The molecule has 1 saturated carbocycles. The fourth-order valence-corrected chi connectivity index (χ4v) is 2.79. The Labute approximate surface area is 120 Å². The van der Waals surface area contributed by atoms with E-state index in [0.29, 0.717) is 0 Å². The van der Waals surface area contributed by atoms with E-state index >= 15 is 0 Å². The van der Waals surface area contributed by atoms with Crippen LogP contribution in [-0.2, 0) is 4.79 Å². The Hall–Kier alpha value is -1.47. The molecule has 1 aliphatic carbocycles. The van der Waals surface area contributed by atoms with E-state index in [-0.39, 0.29) is 38.3 Å². The third-order valence-corrected chi connectivity index (χ3v) is 4.76. The average molecular weight is 308 g/mol. The normalized spacial score (nSPS) is 27.8. The highest BCUT2D eigenvalue weighted by atomic mass is 19.4. The molecule has 5 nitrogen and oxygen atoms in total. The van der Waals surface area contributed by atoms with Crippen molar-refractivity contribution in [1.29, 1.82) is 0 Å². The van der Waals surface area contributed by atoms with Crippen molar-refractivity contribution in [1.82, 2.24) is 10.2 Å². The van der Waals surface area contributed by atoms with E-state index in [4.69, 9.17) is 0 Å². The van der Waals surface area contributed by atoms with E-state index < -0.39 is 29.1 Å². The number of carbonyl (C=O) groups is 2. The minimum Gasteiger partial charge on any atom is -0.481 e. The number of nitrogens with one attached hydrogen (secondary N) is 1. The van der Waals surface area contributed by atoms with Gasteiger partial charge >= 0.3 is 18.2 Å². The van der Waals surface area contributed by atoms with E-state index in [9.17, 15) is 27.9 Å². The number of carboxylic acid groups (broad SMARTS) is 1. The molecule has 1 aliphatic heterocycles. The fourth-order valence-electron chi connectivity index (χ4n) is 2.79. The number of carboxylic acids is 1. The number of hydrogen-bond acceptors (Lipinski definition) is 2. The molecule has 0 spiro atoms. The summed E-state index contributed by atoms with van der Waals surface area (Å²) in [7, 11) is 0. The van der Waals surface area contributed by atoms with Crippen molar-refractivity contribution in [2.24, 2.45) is 11.3 Å². The van der Waals surface area contributed by atoms with Crippen LogP contribution < -0.4 is 5.32 Å². The Kier molecular flexibility index (Phi) is 3.62. The third kappa shape index (κ3) is 2.55. The number of carbonyl (C=O) groups excluding carboxylic acids is 1. The maximum Gasteiger partial charge on any atom is 0.411 e. The molecule has 2 aliphatic rings. The molecule has 0 aromatic heterocycles. The van der Waals surface area contributed by atoms with E-state index in [1.807, 2.05) is 5.32 Å². The molecule has 1 unspecified atom stereocenters. The molecule has 1 heterocycles. The minimum atomic E-state index is -4.47. The van der Waals surface area contributed by atoms with Crippen molar-refractivity contribution >= 4 is 12.0 Å². The van der Waals surface area contributed by atoms with Gasteiger partial charge in [-0.3, -0.25) is 4.79 Å². The number of rotatable bonds is 3. The largest absolute Gasteiger partial charge is 0.481 e. The first-order chi connectivity index (χ1) is 9.54. The van der Waals surface area contributed by atoms with Crippen molar-refractivity contribution in [3.8, 4) is 0 Å². The molecule has 8 heteroatoms. The lowest BCUT2D eigenvalue weighted by Gasteiger charge is -2.29. The van der Waals surface area contributed by atoms with Crippen molar-refractivity contribution in [3.63, 3.8) is 0 Å². The Morgan fingerprint density at radius 2 is 1.81 bits per heavy atom. The van der Waals surface area contributed by atoms with Gasteiger partial charge in [0, 0.05) is 13.1 Å². The zero-order valence-electron chi connectivity index (χ0n) is 12.0. The molecule has 2 rings (SSSR count). The predicted molar refractivity (Wildman–Crippen MR) is 67.6 cm³/mol. The number of likely N-dealkylation sites (tertiary alicyclic amines) is 1. The van der Waals surface area contributed by atoms with Crippen LogP contribution in [0.1, 0.15) is 33.1 Å². The van der Waals surface area contributed by atoms with Gasteiger partial charge in [0.1, 0.15) is 5.54 Å². The first-order valence-corrected chi connectivity index (χ1v) is 6.91. The van der Waals surface area contributed by atoms with E-state index in [1.54, 1.807) is 13.8 Å². The lowest BCUT2D eigenvalue weighted by molar-refractivity contribution is -0.163. The summed E-state index contributed by atoms with van der Waals surface area (Å²) in [6.45, 7) is 3.59. The van der Waals surface area contributed by atoms with Crippen LogP contribution in [0.25, 0.3) is 0 Å². The van der Waals surface area contributed by atoms with Crippen molar-refractivity contribution in [2.45, 2.75) is 44.8 Å². The highest BCUT2D eigenvalue weighted by molar-refractivity contribution is 5.80. The second kappa shape index (κ2) is 4.78. The first kappa shape index (κ1) is 15.9. The number of amides is 2.